The summed E-state index contributed by atoms with van der Waals surface area (Å²) in [5.41, 5.74) is 3.70. The number of thiazole rings is 1. The van der Waals surface area contributed by atoms with Crippen LogP contribution in [0.15, 0.2) is 24.5 Å². The molecule has 5 heterocycles. The Bertz CT molecular complexity index is 1720. The minimum absolute atomic E-state index is 0.0729. The van der Waals surface area contributed by atoms with E-state index in [1.165, 1.54) is 0 Å². The van der Waals surface area contributed by atoms with Crippen LogP contribution in [0.5, 0.6) is 0 Å². The van der Waals surface area contributed by atoms with Gasteiger partial charge in [-0.25, -0.2) is 19.7 Å². The predicted octanol–water partition coefficient (Wildman–Crippen LogP) is 7.84. The Morgan fingerprint density at radius 1 is 1.13 bits per heavy atom. The normalized spacial score (nSPS) is 20.2. The third-order valence-electron chi connectivity index (χ3n) is 8.60. The number of ether oxygens (including phenoxy) is 3. The van der Waals surface area contributed by atoms with E-state index in [1.807, 2.05) is 39.1 Å². The Morgan fingerprint density at radius 3 is 2.54 bits per heavy atom. The van der Waals surface area contributed by atoms with Crippen LogP contribution in [0.2, 0.25) is 30.7 Å². The van der Waals surface area contributed by atoms with Gasteiger partial charge in [-0.3, -0.25) is 0 Å². The first kappa shape index (κ1) is 33.1. The number of hydrogen-bond acceptors (Lipinski definition) is 9. The van der Waals surface area contributed by atoms with Crippen molar-refractivity contribution in [3.8, 4) is 11.1 Å². The Balaban J connectivity index is 1.31. The molecule has 46 heavy (non-hydrogen) atoms. The minimum atomic E-state index is -1.24. The number of anilines is 1. The zero-order valence-corrected chi connectivity index (χ0v) is 30.4. The van der Waals surface area contributed by atoms with E-state index in [-0.39, 0.29) is 24.2 Å². The summed E-state index contributed by atoms with van der Waals surface area (Å²) in [5, 5.41) is 4.65. The van der Waals surface area contributed by atoms with Crippen LogP contribution in [0.25, 0.3) is 32.5 Å². The smallest absolute Gasteiger partial charge is 0.407 e. The van der Waals surface area contributed by atoms with Crippen LogP contribution < -0.4 is 10.2 Å². The SMILES string of the molecule is COCc1nc2ccc(-c3cn(COCC[Si](C)(C)C)c4nc(N5[C@@H]6CC[C@H]5C[C@@H](NC(=O)OC(C)(C)C)C6)cnc34)c(Cl)c2s1. The highest BCUT2D eigenvalue weighted by Crippen LogP contribution is 2.42. The topological polar surface area (TPSA) is 104 Å². The summed E-state index contributed by atoms with van der Waals surface area (Å²) in [4.78, 5) is 29.9. The molecular formula is C33H45ClN6O4SSi. The number of fused-ring (bicyclic) bond motifs is 4. The number of hydrogen-bond donors (Lipinski definition) is 1. The van der Waals surface area contributed by atoms with Gasteiger partial charge in [0.25, 0.3) is 0 Å². The molecule has 4 aromatic rings. The lowest BCUT2D eigenvalue weighted by Gasteiger charge is -2.39. The largest absolute Gasteiger partial charge is 0.444 e. The van der Waals surface area contributed by atoms with E-state index >= 15 is 0 Å². The molecule has 3 atom stereocenters. The summed E-state index contributed by atoms with van der Waals surface area (Å²) < 4.78 is 20.0. The molecule has 1 amide bonds. The number of carbonyl (C=O) groups is 1. The van der Waals surface area contributed by atoms with Crippen molar-refractivity contribution in [1.82, 2.24) is 24.8 Å². The van der Waals surface area contributed by atoms with Crippen LogP contribution in [0.4, 0.5) is 10.6 Å². The van der Waals surface area contributed by atoms with Gasteiger partial charge >= 0.3 is 6.09 Å². The first-order valence-electron chi connectivity index (χ1n) is 16.1. The average molecular weight is 685 g/mol. The number of halogens is 1. The van der Waals surface area contributed by atoms with Gasteiger partial charge in [0.2, 0.25) is 0 Å². The van der Waals surface area contributed by atoms with Gasteiger partial charge < -0.3 is 29.0 Å². The molecule has 0 spiro atoms. The van der Waals surface area contributed by atoms with E-state index in [0.29, 0.717) is 25.0 Å². The van der Waals surface area contributed by atoms with Gasteiger partial charge in [-0.15, -0.1) is 11.3 Å². The second kappa shape index (κ2) is 13.0. The van der Waals surface area contributed by atoms with Gasteiger partial charge in [0.1, 0.15) is 28.7 Å². The molecule has 1 aromatic carbocycles. The zero-order chi connectivity index (χ0) is 32.8. The number of benzene rings is 1. The highest BCUT2D eigenvalue weighted by molar-refractivity contribution is 7.19. The quantitative estimate of drug-likeness (QED) is 0.133. The number of amides is 1. The van der Waals surface area contributed by atoms with Crippen molar-refractivity contribution in [2.75, 3.05) is 18.6 Å². The molecule has 0 saturated carbocycles. The molecule has 2 aliphatic heterocycles. The summed E-state index contributed by atoms with van der Waals surface area (Å²) >= 11 is 8.61. The third-order valence-corrected chi connectivity index (χ3v) is 11.9. The number of nitrogens with one attached hydrogen (secondary N) is 1. The van der Waals surface area contributed by atoms with Crippen LogP contribution in [0, 0.1) is 0 Å². The Kier molecular flexibility index (Phi) is 9.38. The Hall–Kier alpha value is -2.77. The number of nitrogens with zero attached hydrogens (tertiary/aromatic N) is 5. The van der Waals surface area contributed by atoms with Gasteiger partial charge in [0.15, 0.2) is 5.65 Å². The van der Waals surface area contributed by atoms with Crippen LogP contribution in [0.3, 0.4) is 0 Å². The number of piperidine rings is 1. The highest BCUT2D eigenvalue weighted by atomic mass is 35.5. The molecule has 3 aromatic heterocycles. The maximum atomic E-state index is 12.5. The van der Waals surface area contributed by atoms with Crippen LogP contribution in [0.1, 0.15) is 51.5 Å². The maximum absolute atomic E-state index is 12.5. The molecule has 6 rings (SSSR count). The first-order chi connectivity index (χ1) is 21.8. The van der Waals surface area contributed by atoms with Crippen LogP contribution >= 0.6 is 22.9 Å². The van der Waals surface area contributed by atoms with Gasteiger partial charge in [-0.2, -0.15) is 0 Å². The lowest BCUT2D eigenvalue weighted by molar-refractivity contribution is 0.0492. The third kappa shape index (κ3) is 7.20. The molecule has 13 heteroatoms. The highest BCUT2D eigenvalue weighted by Gasteiger charge is 2.42. The summed E-state index contributed by atoms with van der Waals surface area (Å²) in [7, 11) is 0.432. The predicted molar refractivity (Wildman–Crippen MR) is 188 cm³/mol. The van der Waals surface area contributed by atoms with Crippen molar-refractivity contribution in [2.45, 2.75) is 109 Å². The van der Waals surface area contributed by atoms with Crippen molar-refractivity contribution in [1.29, 1.82) is 0 Å². The molecule has 2 fully saturated rings. The van der Waals surface area contributed by atoms with Crippen molar-refractivity contribution in [3.63, 3.8) is 0 Å². The molecule has 1 N–H and O–H groups in total. The zero-order valence-electron chi connectivity index (χ0n) is 27.9. The summed E-state index contributed by atoms with van der Waals surface area (Å²) in [6.07, 6.45) is 7.41. The number of carbonyl (C=O) groups excluding carboxylic acids is 1. The summed E-state index contributed by atoms with van der Waals surface area (Å²) in [6.45, 7) is 14.3. The Morgan fingerprint density at radius 2 is 1.87 bits per heavy atom. The van der Waals surface area contributed by atoms with Gasteiger partial charge in [-0.1, -0.05) is 37.3 Å². The fourth-order valence-electron chi connectivity index (χ4n) is 6.54. The minimum Gasteiger partial charge on any atom is -0.444 e. The molecule has 2 aliphatic rings. The molecule has 2 bridgehead atoms. The molecule has 0 unspecified atom stereocenters. The first-order valence-corrected chi connectivity index (χ1v) is 21.0. The number of rotatable bonds is 10. The van der Waals surface area contributed by atoms with E-state index < -0.39 is 13.7 Å². The van der Waals surface area contributed by atoms with Crippen LogP contribution in [-0.4, -0.2) is 71.1 Å². The van der Waals surface area contributed by atoms with E-state index in [0.717, 1.165) is 75.1 Å². The van der Waals surface area contributed by atoms with Gasteiger partial charge in [0, 0.05) is 57.2 Å². The van der Waals surface area contributed by atoms with Gasteiger partial charge in [0.05, 0.1) is 28.0 Å². The molecule has 2 saturated heterocycles. The number of alkyl carbamates (subject to hydrolysis) is 1. The molecule has 0 radical (unpaired) electrons. The Labute approximate surface area is 280 Å². The fraction of sp³-hybridized carbons (Fsp3) is 0.576. The fourth-order valence-corrected chi connectivity index (χ4v) is 8.65. The maximum Gasteiger partial charge on any atom is 0.407 e. The van der Waals surface area contributed by atoms with E-state index in [9.17, 15) is 4.79 Å². The monoisotopic (exact) mass is 684 g/mol. The number of aromatic nitrogens is 4. The average Bonchev–Trinajstić information content (AvgIpc) is 3.62. The van der Waals surface area contributed by atoms with Crippen molar-refractivity contribution in [2.24, 2.45) is 0 Å². The second-order valence-electron chi connectivity index (χ2n) is 14.7. The molecule has 10 nitrogen and oxygen atoms in total. The molecular weight excluding hydrogens is 640 g/mol. The van der Waals surface area contributed by atoms with E-state index in [1.54, 1.807) is 18.4 Å². The van der Waals surface area contributed by atoms with Gasteiger partial charge in [-0.05, 0) is 58.6 Å². The van der Waals surface area contributed by atoms with Crippen molar-refractivity contribution < 1.29 is 19.0 Å². The lowest BCUT2D eigenvalue weighted by Crippen LogP contribution is -2.51. The standard InChI is InChI=1S/C33H45ClN6O4SSi/c1-33(2,3)44-32(41)36-20-14-21-8-9-22(15-20)40(21)26-16-35-29-24(17-39(31(29)38-26)19-43-12-13-46(5,6)7)23-10-11-25-30(28(23)34)45-27(37-25)18-42-4/h10-11,16-17,20-22H,8-9,12-15,18-19H2,1-7H3,(H,36,41)/t20-,21+,22-. The number of methoxy groups -OCH3 is 1. The van der Waals surface area contributed by atoms with E-state index in [2.05, 4.69) is 45.6 Å². The van der Waals surface area contributed by atoms with Crippen LogP contribution in [-0.2, 0) is 27.5 Å². The summed E-state index contributed by atoms with van der Waals surface area (Å²) in [6, 6.07) is 5.72. The van der Waals surface area contributed by atoms with E-state index in [4.69, 9.17) is 35.8 Å². The second-order valence-corrected chi connectivity index (χ2v) is 21.8. The van der Waals surface area contributed by atoms with Crippen molar-refractivity contribution in [3.05, 3.63) is 34.6 Å². The molecule has 0 aliphatic carbocycles. The lowest BCUT2D eigenvalue weighted by atomic mass is 9.97. The summed E-state index contributed by atoms with van der Waals surface area (Å²) in [5.74, 6) is 0.858. The molecule has 248 valence electrons. The van der Waals surface area contributed by atoms with Crippen molar-refractivity contribution >= 4 is 64.3 Å².